The zero-order chi connectivity index (χ0) is 15.6. The maximum absolute atomic E-state index is 13.7. The number of amides is 1. The third kappa shape index (κ3) is 3.56. The second kappa shape index (κ2) is 6.48. The minimum atomic E-state index is -0.863. The second-order valence-corrected chi connectivity index (χ2v) is 5.77. The molecule has 0 saturated heterocycles. The Bertz CT molecular complexity index is 710. The maximum atomic E-state index is 13.7. The first-order chi connectivity index (χ1) is 9.92. The van der Waals surface area contributed by atoms with E-state index in [1.165, 1.54) is 6.20 Å². The van der Waals surface area contributed by atoms with Gasteiger partial charge in [0.2, 0.25) is 0 Å². The summed E-state index contributed by atoms with van der Waals surface area (Å²) in [7, 11) is 1.61. The fraction of sp³-hybridized carbons (Fsp3) is 0.0769. The number of rotatable bonds is 3. The highest BCUT2D eigenvalue weighted by Crippen LogP contribution is 2.25. The van der Waals surface area contributed by atoms with Crippen molar-refractivity contribution in [3.05, 3.63) is 50.5 Å². The molecule has 2 rings (SSSR count). The van der Waals surface area contributed by atoms with E-state index in [1.807, 2.05) is 0 Å². The molecule has 110 valence electrons. The van der Waals surface area contributed by atoms with Gasteiger partial charge in [-0.1, -0.05) is 0 Å². The molecule has 1 amide bonds. The molecule has 0 spiro atoms. The minimum Gasteiger partial charge on any atom is -0.372 e. The Balaban J connectivity index is 2.34. The molecule has 0 saturated carbocycles. The van der Waals surface area contributed by atoms with E-state index in [2.05, 4.69) is 47.5 Å². The Morgan fingerprint density at radius 1 is 1.19 bits per heavy atom. The van der Waals surface area contributed by atoms with Gasteiger partial charge in [-0.3, -0.25) is 4.79 Å². The molecule has 0 radical (unpaired) electrons. The van der Waals surface area contributed by atoms with Crippen LogP contribution in [0.2, 0.25) is 0 Å². The first kappa shape index (κ1) is 15.8. The Labute approximate surface area is 136 Å². The van der Waals surface area contributed by atoms with Crippen LogP contribution < -0.4 is 10.6 Å². The summed E-state index contributed by atoms with van der Waals surface area (Å²) >= 11 is 6.15. The number of anilines is 2. The molecule has 0 fully saturated rings. The smallest absolute Gasteiger partial charge is 0.259 e. The molecule has 0 aliphatic heterocycles. The predicted molar refractivity (Wildman–Crippen MR) is 83.5 cm³/mol. The lowest BCUT2D eigenvalue weighted by Crippen LogP contribution is -2.16. The number of benzene rings is 1. The Morgan fingerprint density at radius 3 is 2.57 bits per heavy atom. The molecule has 1 aromatic carbocycles. The lowest BCUT2D eigenvalue weighted by Gasteiger charge is -2.10. The molecule has 1 heterocycles. The summed E-state index contributed by atoms with van der Waals surface area (Å²) in [6, 6.07) is 3.40. The van der Waals surface area contributed by atoms with Crippen LogP contribution in [0.5, 0.6) is 0 Å². The number of halogens is 4. The first-order valence-corrected chi connectivity index (χ1v) is 7.30. The molecule has 0 aliphatic rings. The monoisotopic (exact) mass is 419 g/mol. The zero-order valence-corrected chi connectivity index (χ0v) is 13.8. The van der Waals surface area contributed by atoms with Crippen LogP contribution in [0.25, 0.3) is 0 Å². The molecule has 2 N–H and O–H groups in total. The van der Waals surface area contributed by atoms with E-state index in [-0.39, 0.29) is 15.7 Å². The van der Waals surface area contributed by atoms with Crippen molar-refractivity contribution >= 4 is 49.3 Å². The summed E-state index contributed by atoms with van der Waals surface area (Å²) in [4.78, 5) is 16.2. The second-order valence-electron chi connectivity index (χ2n) is 4.00. The number of nitrogens with one attached hydrogen (secondary N) is 2. The van der Waals surface area contributed by atoms with Crippen molar-refractivity contribution in [2.75, 3.05) is 17.7 Å². The lowest BCUT2D eigenvalue weighted by molar-refractivity contribution is 0.102. The minimum absolute atomic E-state index is 0.0559. The average molecular weight is 421 g/mol. The van der Waals surface area contributed by atoms with Crippen LogP contribution in [-0.4, -0.2) is 17.9 Å². The van der Waals surface area contributed by atoms with Gasteiger partial charge in [0.25, 0.3) is 5.91 Å². The normalized spacial score (nSPS) is 10.3. The van der Waals surface area contributed by atoms with Gasteiger partial charge >= 0.3 is 0 Å². The topological polar surface area (TPSA) is 54.0 Å². The van der Waals surface area contributed by atoms with Crippen molar-refractivity contribution in [3.8, 4) is 0 Å². The summed E-state index contributed by atoms with van der Waals surface area (Å²) in [6.07, 6.45) is 1.53. The van der Waals surface area contributed by atoms with Gasteiger partial charge in [0.1, 0.15) is 17.5 Å². The van der Waals surface area contributed by atoms with Gasteiger partial charge in [0.05, 0.1) is 15.7 Å². The Hall–Kier alpha value is -1.54. The molecular formula is C13H9Br2F2N3O. The molecular weight excluding hydrogens is 412 g/mol. The van der Waals surface area contributed by atoms with E-state index >= 15 is 0 Å². The lowest BCUT2D eigenvalue weighted by atomic mass is 10.2. The molecule has 2 aromatic rings. The molecule has 0 unspecified atom stereocenters. The van der Waals surface area contributed by atoms with Crippen LogP contribution in [-0.2, 0) is 0 Å². The van der Waals surface area contributed by atoms with Gasteiger partial charge in [-0.05, 0) is 44.0 Å². The SMILES string of the molecule is CNc1ncc(Br)cc1C(=O)Nc1cc(Br)c(F)cc1F. The molecule has 21 heavy (non-hydrogen) atoms. The molecule has 0 aliphatic carbocycles. The highest BCUT2D eigenvalue weighted by molar-refractivity contribution is 9.10. The summed E-state index contributed by atoms with van der Waals surface area (Å²) < 4.78 is 27.5. The highest BCUT2D eigenvalue weighted by Gasteiger charge is 2.16. The Kier molecular flexibility index (Phi) is 4.89. The molecule has 4 nitrogen and oxygen atoms in total. The molecule has 0 atom stereocenters. The summed E-state index contributed by atoms with van der Waals surface area (Å²) in [5, 5.41) is 5.15. The number of hydrogen-bond donors (Lipinski definition) is 2. The predicted octanol–water partition coefficient (Wildman–Crippen LogP) is 4.18. The van der Waals surface area contributed by atoms with Crippen LogP contribution >= 0.6 is 31.9 Å². The van der Waals surface area contributed by atoms with Gasteiger partial charge in [0.15, 0.2) is 0 Å². The first-order valence-electron chi connectivity index (χ1n) is 5.71. The van der Waals surface area contributed by atoms with Crippen molar-refractivity contribution in [1.82, 2.24) is 4.98 Å². The van der Waals surface area contributed by atoms with E-state index in [1.54, 1.807) is 13.1 Å². The van der Waals surface area contributed by atoms with Crippen LogP contribution in [0.1, 0.15) is 10.4 Å². The van der Waals surface area contributed by atoms with Gasteiger partial charge in [-0.25, -0.2) is 13.8 Å². The number of pyridine rings is 1. The summed E-state index contributed by atoms with van der Waals surface area (Å²) in [5.74, 6) is -1.83. The third-order valence-electron chi connectivity index (χ3n) is 2.59. The van der Waals surface area contributed by atoms with E-state index in [4.69, 9.17) is 0 Å². The number of hydrogen-bond acceptors (Lipinski definition) is 3. The van der Waals surface area contributed by atoms with Crippen molar-refractivity contribution in [2.45, 2.75) is 0 Å². The fourth-order valence-corrected chi connectivity index (χ4v) is 2.29. The molecule has 1 aromatic heterocycles. The van der Waals surface area contributed by atoms with Crippen molar-refractivity contribution in [2.24, 2.45) is 0 Å². The van der Waals surface area contributed by atoms with E-state index in [9.17, 15) is 13.6 Å². The van der Waals surface area contributed by atoms with Gasteiger partial charge in [0, 0.05) is 23.8 Å². The quantitative estimate of drug-likeness (QED) is 0.732. The largest absolute Gasteiger partial charge is 0.372 e. The van der Waals surface area contributed by atoms with E-state index < -0.39 is 17.5 Å². The number of nitrogens with zero attached hydrogens (tertiary/aromatic N) is 1. The molecule has 8 heteroatoms. The van der Waals surface area contributed by atoms with Crippen LogP contribution in [0.4, 0.5) is 20.3 Å². The average Bonchev–Trinajstić information content (AvgIpc) is 2.44. The zero-order valence-electron chi connectivity index (χ0n) is 10.7. The summed E-state index contributed by atoms with van der Waals surface area (Å²) in [5.41, 5.74) is 0.0991. The van der Waals surface area contributed by atoms with Gasteiger partial charge < -0.3 is 10.6 Å². The Morgan fingerprint density at radius 2 is 1.90 bits per heavy atom. The van der Waals surface area contributed by atoms with Crippen LogP contribution in [0.15, 0.2) is 33.3 Å². The fourth-order valence-electron chi connectivity index (χ4n) is 1.62. The highest BCUT2D eigenvalue weighted by atomic mass is 79.9. The van der Waals surface area contributed by atoms with Crippen molar-refractivity contribution in [3.63, 3.8) is 0 Å². The third-order valence-corrected chi connectivity index (χ3v) is 3.64. The number of carbonyl (C=O) groups is 1. The van der Waals surface area contributed by atoms with Gasteiger partial charge in [-0.15, -0.1) is 0 Å². The van der Waals surface area contributed by atoms with E-state index in [0.29, 0.717) is 16.4 Å². The number of aromatic nitrogens is 1. The van der Waals surface area contributed by atoms with Crippen LogP contribution in [0, 0.1) is 11.6 Å². The van der Waals surface area contributed by atoms with Gasteiger partial charge in [-0.2, -0.15) is 0 Å². The summed E-state index contributed by atoms with van der Waals surface area (Å²) in [6.45, 7) is 0. The van der Waals surface area contributed by atoms with Crippen molar-refractivity contribution in [1.29, 1.82) is 0 Å². The molecule has 0 bridgehead atoms. The standard InChI is InChI=1S/C13H9Br2F2N3O/c1-18-12-7(2-6(14)5-19-12)13(21)20-11-3-8(15)9(16)4-10(11)17/h2-5H,1H3,(H,18,19)(H,20,21). The van der Waals surface area contributed by atoms with Crippen LogP contribution in [0.3, 0.4) is 0 Å². The maximum Gasteiger partial charge on any atom is 0.259 e. The van der Waals surface area contributed by atoms with Crippen molar-refractivity contribution < 1.29 is 13.6 Å². The number of carbonyl (C=O) groups excluding carboxylic acids is 1. The van der Waals surface area contributed by atoms with E-state index in [0.717, 1.165) is 6.07 Å².